The minimum Gasteiger partial charge on any atom is -0.479 e. The average Bonchev–Trinajstić information content (AvgIpc) is 2.34. The molecule has 0 bridgehead atoms. The number of nitrogens with one attached hydrogen (secondary N) is 1. The number of hydrogen-bond donors (Lipinski definition) is 3. The molecule has 0 aliphatic heterocycles. The van der Waals surface area contributed by atoms with E-state index in [4.69, 9.17) is 10.2 Å². The van der Waals surface area contributed by atoms with Crippen LogP contribution in [0.3, 0.4) is 0 Å². The zero-order valence-electron chi connectivity index (χ0n) is 9.20. The van der Waals surface area contributed by atoms with Crippen LogP contribution < -0.4 is 5.32 Å². The molecule has 1 rings (SSSR count). The van der Waals surface area contributed by atoms with Crippen LogP contribution in [0.25, 0.3) is 0 Å². The molecular formula is C11H11NO6. The largest absolute Gasteiger partial charge is 0.479 e. The Hall–Kier alpha value is -2.57. The first-order valence-corrected chi connectivity index (χ1v) is 4.93. The standard InChI is InChI=1S/C11H11NO6/c13-9(14)8(10(15)16)12-11(17)18-6-7-4-2-1-3-5-7/h1-5,8H,6H2,(H,12,17)(H,13,14)(H,15,16). The van der Waals surface area contributed by atoms with Crippen molar-refractivity contribution >= 4 is 18.0 Å². The molecule has 7 heteroatoms. The SMILES string of the molecule is O=C(NC(C(=O)O)C(=O)O)OCc1ccccc1. The molecule has 7 nitrogen and oxygen atoms in total. The number of carbonyl (C=O) groups is 3. The highest BCUT2D eigenvalue weighted by Gasteiger charge is 2.28. The maximum absolute atomic E-state index is 11.2. The van der Waals surface area contributed by atoms with Crippen LogP contribution in [0.2, 0.25) is 0 Å². The van der Waals surface area contributed by atoms with Crippen molar-refractivity contribution in [1.82, 2.24) is 5.32 Å². The smallest absolute Gasteiger partial charge is 0.408 e. The summed E-state index contributed by atoms with van der Waals surface area (Å²) < 4.78 is 4.68. The summed E-state index contributed by atoms with van der Waals surface area (Å²) in [5, 5.41) is 18.8. The van der Waals surface area contributed by atoms with Gasteiger partial charge in [0.05, 0.1) is 0 Å². The molecule has 1 aromatic rings. The molecule has 0 radical (unpaired) electrons. The minimum absolute atomic E-state index is 0.0708. The highest BCUT2D eigenvalue weighted by atomic mass is 16.5. The van der Waals surface area contributed by atoms with Crippen LogP contribution in [0.1, 0.15) is 5.56 Å². The molecule has 1 amide bonds. The van der Waals surface area contributed by atoms with Crippen LogP contribution in [0.15, 0.2) is 30.3 Å². The number of carboxylic acid groups (broad SMARTS) is 2. The molecule has 0 aromatic heterocycles. The molecule has 0 fully saturated rings. The first kappa shape index (κ1) is 13.5. The number of amides is 1. The van der Waals surface area contributed by atoms with Crippen molar-refractivity contribution in [3.63, 3.8) is 0 Å². The molecule has 0 saturated heterocycles. The lowest BCUT2D eigenvalue weighted by Crippen LogP contribution is -2.46. The summed E-state index contributed by atoms with van der Waals surface area (Å²) in [4.78, 5) is 32.2. The van der Waals surface area contributed by atoms with Crippen molar-refractivity contribution in [3.05, 3.63) is 35.9 Å². The first-order valence-electron chi connectivity index (χ1n) is 4.93. The molecule has 0 aliphatic carbocycles. The van der Waals surface area contributed by atoms with Gasteiger partial charge in [-0.15, -0.1) is 0 Å². The number of benzene rings is 1. The normalized spacial score (nSPS) is 9.83. The zero-order valence-corrected chi connectivity index (χ0v) is 9.20. The predicted molar refractivity (Wildman–Crippen MR) is 58.8 cm³/mol. The molecule has 0 aliphatic rings. The summed E-state index contributed by atoms with van der Waals surface area (Å²) in [5.74, 6) is -3.33. The van der Waals surface area contributed by atoms with Gasteiger partial charge in [-0.1, -0.05) is 30.3 Å². The highest BCUT2D eigenvalue weighted by molar-refractivity contribution is 5.99. The average molecular weight is 253 g/mol. The predicted octanol–water partition coefficient (Wildman–Crippen LogP) is 0.451. The van der Waals surface area contributed by atoms with E-state index < -0.39 is 24.1 Å². The summed E-state index contributed by atoms with van der Waals surface area (Å²) in [6.45, 7) is -0.0708. The van der Waals surface area contributed by atoms with E-state index >= 15 is 0 Å². The van der Waals surface area contributed by atoms with Crippen LogP contribution in [0.4, 0.5) is 4.79 Å². The van der Waals surface area contributed by atoms with Gasteiger partial charge in [0.15, 0.2) is 0 Å². The lowest BCUT2D eigenvalue weighted by atomic mass is 10.2. The Kier molecular flexibility index (Phi) is 4.67. The van der Waals surface area contributed by atoms with E-state index in [9.17, 15) is 14.4 Å². The molecule has 0 atom stereocenters. The summed E-state index contributed by atoms with van der Waals surface area (Å²) in [6.07, 6.45) is -1.10. The fourth-order valence-corrected chi connectivity index (χ4v) is 1.11. The van der Waals surface area contributed by atoms with Crippen molar-refractivity contribution < 1.29 is 29.3 Å². The maximum Gasteiger partial charge on any atom is 0.408 e. The Morgan fingerprint density at radius 3 is 2.17 bits per heavy atom. The molecule has 18 heavy (non-hydrogen) atoms. The van der Waals surface area contributed by atoms with Crippen molar-refractivity contribution in [2.24, 2.45) is 0 Å². The molecule has 0 spiro atoms. The fourth-order valence-electron chi connectivity index (χ4n) is 1.11. The zero-order chi connectivity index (χ0) is 13.5. The van der Waals surface area contributed by atoms with Gasteiger partial charge in [0.25, 0.3) is 0 Å². The third-order valence-corrected chi connectivity index (χ3v) is 1.97. The molecular weight excluding hydrogens is 242 g/mol. The van der Waals surface area contributed by atoms with Crippen molar-refractivity contribution in [3.8, 4) is 0 Å². The molecule has 0 saturated carbocycles. The van der Waals surface area contributed by atoms with E-state index in [0.717, 1.165) is 0 Å². The minimum atomic E-state index is -2.02. The molecule has 0 unspecified atom stereocenters. The van der Waals surface area contributed by atoms with E-state index in [1.54, 1.807) is 35.6 Å². The summed E-state index contributed by atoms with van der Waals surface area (Å²) in [7, 11) is 0. The van der Waals surface area contributed by atoms with E-state index in [-0.39, 0.29) is 6.61 Å². The molecule has 1 aromatic carbocycles. The van der Waals surface area contributed by atoms with E-state index in [0.29, 0.717) is 5.56 Å². The van der Waals surface area contributed by atoms with Gasteiger partial charge in [-0.3, -0.25) is 5.32 Å². The Morgan fingerprint density at radius 2 is 1.67 bits per heavy atom. The summed E-state index contributed by atoms with van der Waals surface area (Å²) in [5.41, 5.74) is 0.704. The van der Waals surface area contributed by atoms with Crippen LogP contribution in [0.5, 0.6) is 0 Å². The van der Waals surface area contributed by atoms with Gasteiger partial charge in [0.1, 0.15) is 6.61 Å². The second-order valence-corrected chi connectivity index (χ2v) is 3.32. The molecule has 0 heterocycles. The third kappa shape index (κ3) is 4.12. The van der Waals surface area contributed by atoms with E-state index in [1.807, 2.05) is 0 Å². The molecule has 3 N–H and O–H groups in total. The Labute approximate surface area is 102 Å². The fraction of sp³-hybridized carbons (Fsp3) is 0.182. The monoisotopic (exact) mass is 253 g/mol. The molecule has 96 valence electrons. The topological polar surface area (TPSA) is 113 Å². The number of alkyl carbamates (subject to hydrolysis) is 1. The van der Waals surface area contributed by atoms with Gasteiger partial charge >= 0.3 is 18.0 Å². The van der Waals surface area contributed by atoms with Gasteiger partial charge in [-0.05, 0) is 5.56 Å². The lowest BCUT2D eigenvalue weighted by molar-refractivity contribution is -0.150. The number of ether oxygens (including phenoxy) is 1. The second kappa shape index (κ2) is 6.24. The van der Waals surface area contributed by atoms with Gasteiger partial charge in [-0.25, -0.2) is 14.4 Å². The van der Waals surface area contributed by atoms with Crippen LogP contribution in [-0.4, -0.2) is 34.3 Å². The van der Waals surface area contributed by atoms with Gasteiger partial charge in [-0.2, -0.15) is 0 Å². The van der Waals surface area contributed by atoms with E-state index in [1.165, 1.54) is 0 Å². The number of rotatable bonds is 5. The van der Waals surface area contributed by atoms with Crippen molar-refractivity contribution in [2.75, 3.05) is 0 Å². The van der Waals surface area contributed by atoms with Crippen molar-refractivity contribution in [2.45, 2.75) is 12.6 Å². The third-order valence-electron chi connectivity index (χ3n) is 1.97. The maximum atomic E-state index is 11.2. The first-order chi connectivity index (χ1) is 8.50. The van der Waals surface area contributed by atoms with Crippen molar-refractivity contribution in [1.29, 1.82) is 0 Å². The summed E-state index contributed by atoms with van der Waals surface area (Å²) in [6, 6.07) is 6.67. The van der Waals surface area contributed by atoms with Crippen LogP contribution in [-0.2, 0) is 20.9 Å². The highest BCUT2D eigenvalue weighted by Crippen LogP contribution is 2.00. The second-order valence-electron chi connectivity index (χ2n) is 3.32. The van der Waals surface area contributed by atoms with Gasteiger partial charge in [0, 0.05) is 0 Å². The number of aliphatic carboxylic acids is 2. The number of hydrogen-bond acceptors (Lipinski definition) is 4. The summed E-state index contributed by atoms with van der Waals surface area (Å²) >= 11 is 0. The number of carboxylic acids is 2. The Bertz CT molecular complexity index is 430. The van der Waals surface area contributed by atoms with Gasteiger partial charge in [0.2, 0.25) is 6.04 Å². The Morgan fingerprint density at radius 1 is 1.11 bits per heavy atom. The Balaban J connectivity index is 2.46. The van der Waals surface area contributed by atoms with Crippen LogP contribution in [0, 0.1) is 0 Å². The van der Waals surface area contributed by atoms with E-state index in [2.05, 4.69) is 4.74 Å². The quantitative estimate of drug-likeness (QED) is 0.656. The lowest BCUT2D eigenvalue weighted by Gasteiger charge is -2.10. The number of carbonyl (C=O) groups excluding carboxylic acids is 1. The van der Waals surface area contributed by atoms with Crippen LogP contribution >= 0.6 is 0 Å². The van der Waals surface area contributed by atoms with Gasteiger partial charge < -0.3 is 14.9 Å².